The molecule has 13 heavy (non-hydrogen) atoms. The summed E-state index contributed by atoms with van der Waals surface area (Å²) in [4.78, 5) is 0. The van der Waals surface area contributed by atoms with Gasteiger partial charge in [0, 0.05) is 19.7 Å². The fraction of sp³-hybridized carbons (Fsp3) is 0.625. The molecule has 0 unspecified atom stereocenters. The Balaban J connectivity index is 3.33. The minimum Gasteiger partial charge on any atom is -0.480 e. The molecule has 1 rings (SSSR count). The summed E-state index contributed by atoms with van der Waals surface area (Å²) in [6, 6.07) is 0. The van der Waals surface area contributed by atoms with Gasteiger partial charge in [0.1, 0.15) is 5.56 Å². The molecule has 0 saturated carbocycles. The van der Waals surface area contributed by atoms with Crippen molar-refractivity contribution in [3.05, 3.63) is 11.3 Å². The van der Waals surface area contributed by atoms with Crippen molar-refractivity contribution in [1.29, 1.82) is 0 Å². The predicted octanol–water partition coefficient (Wildman–Crippen LogP) is 1.85. The average molecular weight is 190 g/mol. The van der Waals surface area contributed by atoms with Crippen LogP contribution in [0.4, 0.5) is 8.78 Å². The van der Waals surface area contributed by atoms with E-state index in [9.17, 15) is 8.78 Å². The van der Waals surface area contributed by atoms with E-state index in [1.807, 2.05) is 0 Å². The van der Waals surface area contributed by atoms with Crippen LogP contribution in [0.3, 0.4) is 0 Å². The second-order valence-electron chi connectivity index (χ2n) is 2.98. The molecule has 74 valence electrons. The normalized spacial score (nSPS) is 11.8. The number of hydrogen-bond donors (Lipinski definition) is 0. The van der Waals surface area contributed by atoms with Crippen molar-refractivity contribution in [2.75, 3.05) is 7.11 Å². The number of aromatic nitrogens is 2. The van der Waals surface area contributed by atoms with Crippen molar-refractivity contribution in [1.82, 2.24) is 9.78 Å². The Labute approximate surface area is 75.3 Å². The third kappa shape index (κ3) is 1.64. The zero-order valence-corrected chi connectivity index (χ0v) is 8.06. The van der Waals surface area contributed by atoms with E-state index in [0.29, 0.717) is 5.69 Å². The molecule has 0 fully saturated rings. The highest BCUT2D eigenvalue weighted by Gasteiger charge is 2.33. The van der Waals surface area contributed by atoms with Gasteiger partial charge in [-0.1, -0.05) is 0 Å². The molecule has 0 N–H and O–H groups in total. The molecule has 1 aromatic rings. The Morgan fingerprint density at radius 3 is 2.31 bits per heavy atom. The zero-order valence-electron chi connectivity index (χ0n) is 8.06. The summed E-state index contributed by atoms with van der Waals surface area (Å²) in [5.41, 5.74) is 0.279. The fourth-order valence-electron chi connectivity index (χ4n) is 1.23. The van der Waals surface area contributed by atoms with E-state index >= 15 is 0 Å². The molecule has 1 heterocycles. The third-order valence-electron chi connectivity index (χ3n) is 1.93. The zero-order chi connectivity index (χ0) is 10.2. The summed E-state index contributed by atoms with van der Waals surface area (Å²) in [5, 5.41) is 3.81. The number of halogens is 2. The fourth-order valence-corrected chi connectivity index (χ4v) is 1.23. The van der Waals surface area contributed by atoms with Crippen LogP contribution < -0.4 is 4.74 Å². The Bertz CT molecular complexity index is 315. The van der Waals surface area contributed by atoms with Crippen molar-refractivity contribution in [3.63, 3.8) is 0 Å². The second-order valence-corrected chi connectivity index (χ2v) is 2.98. The van der Waals surface area contributed by atoms with Gasteiger partial charge in [0.05, 0.1) is 7.11 Å². The van der Waals surface area contributed by atoms with Gasteiger partial charge in [0.15, 0.2) is 0 Å². The van der Waals surface area contributed by atoms with E-state index in [1.165, 1.54) is 11.8 Å². The number of rotatable bonds is 2. The van der Waals surface area contributed by atoms with E-state index in [1.54, 1.807) is 14.0 Å². The number of ether oxygens (including phenoxy) is 1. The molecule has 0 saturated heterocycles. The minimum atomic E-state index is -2.91. The van der Waals surface area contributed by atoms with E-state index in [0.717, 1.165) is 6.92 Å². The highest BCUT2D eigenvalue weighted by Crippen LogP contribution is 2.35. The molecule has 0 aliphatic carbocycles. The molecule has 0 bridgehead atoms. The molecule has 0 aliphatic heterocycles. The van der Waals surface area contributed by atoms with Crippen molar-refractivity contribution in [2.24, 2.45) is 7.05 Å². The van der Waals surface area contributed by atoms with Gasteiger partial charge in [0.2, 0.25) is 5.88 Å². The standard InChI is InChI=1S/C8H12F2N2O/c1-5-6(8(2,9)10)7(13-4)11-12(5)3/h1-4H3. The predicted molar refractivity (Wildman–Crippen MR) is 44.1 cm³/mol. The summed E-state index contributed by atoms with van der Waals surface area (Å²) in [6.07, 6.45) is 0. The summed E-state index contributed by atoms with van der Waals surface area (Å²) in [6.45, 7) is 2.42. The quantitative estimate of drug-likeness (QED) is 0.711. The topological polar surface area (TPSA) is 27.1 Å². The minimum absolute atomic E-state index is 0.00694. The van der Waals surface area contributed by atoms with Gasteiger partial charge in [-0.05, 0) is 6.92 Å². The maximum atomic E-state index is 13.0. The Morgan fingerprint density at radius 1 is 1.46 bits per heavy atom. The molecular weight excluding hydrogens is 178 g/mol. The molecule has 0 aliphatic rings. The Hall–Kier alpha value is -1.13. The lowest BCUT2D eigenvalue weighted by molar-refractivity contribution is 0.0143. The molecule has 0 aromatic carbocycles. The summed E-state index contributed by atoms with van der Waals surface area (Å²) in [7, 11) is 2.93. The van der Waals surface area contributed by atoms with Crippen LogP contribution in [0.15, 0.2) is 0 Å². The lowest BCUT2D eigenvalue weighted by Gasteiger charge is -2.10. The number of methoxy groups -OCH3 is 1. The largest absolute Gasteiger partial charge is 0.480 e. The summed E-state index contributed by atoms with van der Waals surface area (Å²) < 4.78 is 32.2. The first-order valence-electron chi connectivity index (χ1n) is 3.83. The van der Waals surface area contributed by atoms with E-state index in [-0.39, 0.29) is 11.4 Å². The number of alkyl halides is 2. The highest BCUT2D eigenvalue weighted by atomic mass is 19.3. The first-order chi connectivity index (χ1) is 5.88. The summed E-state index contributed by atoms with van der Waals surface area (Å²) in [5.74, 6) is -2.92. The van der Waals surface area contributed by atoms with Gasteiger partial charge in [-0.2, -0.15) is 0 Å². The van der Waals surface area contributed by atoms with Crippen LogP contribution in [-0.4, -0.2) is 16.9 Å². The van der Waals surface area contributed by atoms with Gasteiger partial charge < -0.3 is 4.74 Å². The Morgan fingerprint density at radius 2 is 2.00 bits per heavy atom. The van der Waals surface area contributed by atoms with Crippen LogP contribution in [0.2, 0.25) is 0 Å². The van der Waals surface area contributed by atoms with E-state index in [4.69, 9.17) is 4.74 Å². The Kier molecular flexibility index (Phi) is 2.28. The molecule has 0 radical (unpaired) electrons. The smallest absolute Gasteiger partial charge is 0.277 e. The molecule has 3 nitrogen and oxygen atoms in total. The van der Waals surface area contributed by atoms with Crippen LogP contribution in [0, 0.1) is 6.92 Å². The first-order valence-corrected chi connectivity index (χ1v) is 3.83. The average Bonchev–Trinajstić information content (AvgIpc) is 2.26. The lowest BCUT2D eigenvalue weighted by atomic mass is 10.1. The van der Waals surface area contributed by atoms with Crippen LogP contribution in [0.25, 0.3) is 0 Å². The third-order valence-corrected chi connectivity index (χ3v) is 1.93. The van der Waals surface area contributed by atoms with Gasteiger partial charge in [-0.15, -0.1) is 5.10 Å². The molecular formula is C8H12F2N2O. The number of hydrogen-bond acceptors (Lipinski definition) is 2. The maximum Gasteiger partial charge on any atom is 0.277 e. The molecule has 5 heteroatoms. The van der Waals surface area contributed by atoms with Crippen molar-refractivity contribution >= 4 is 0 Å². The molecule has 0 spiro atoms. The van der Waals surface area contributed by atoms with E-state index in [2.05, 4.69) is 5.10 Å². The molecule has 1 aromatic heterocycles. The van der Waals surface area contributed by atoms with Gasteiger partial charge in [-0.25, -0.2) is 8.78 Å². The van der Waals surface area contributed by atoms with Crippen LogP contribution in [0.5, 0.6) is 5.88 Å². The van der Waals surface area contributed by atoms with Crippen LogP contribution in [0.1, 0.15) is 18.2 Å². The van der Waals surface area contributed by atoms with Gasteiger partial charge >= 0.3 is 0 Å². The SMILES string of the molecule is COc1nn(C)c(C)c1C(C)(F)F. The maximum absolute atomic E-state index is 13.0. The number of nitrogens with zero attached hydrogens (tertiary/aromatic N) is 2. The van der Waals surface area contributed by atoms with Crippen molar-refractivity contribution in [2.45, 2.75) is 19.8 Å². The highest BCUT2D eigenvalue weighted by molar-refractivity contribution is 5.34. The van der Waals surface area contributed by atoms with Crippen molar-refractivity contribution in [3.8, 4) is 5.88 Å². The monoisotopic (exact) mass is 190 g/mol. The van der Waals surface area contributed by atoms with Gasteiger partial charge in [0.25, 0.3) is 5.92 Å². The lowest BCUT2D eigenvalue weighted by Crippen LogP contribution is -2.09. The first kappa shape index (κ1) is 9.95. The molecule has 0 amide bonds. The molecule has 0 atom stereocenters. The number of aryl methyl sites for hydroxylation is 1. The summed E-state index contributed by atoms with van der Waals surface area (Å²) >= 11 is 0. The van der Waals surface area contributed by atoms with Crippen molar-refractivity contribution < 1.29 is 13.5 Å². The van der Waals surface area contributed by atoms with Gasteiger partial charge in [-0.3, -0.25) is 4.68 Å². The van der Waals surface area contributed by atoms with E-state index < -0.39 is 5.92 Å². The second kappa shape index (κ2) is 2.97. The van der Waals surface area contributed by atoms with Crippen LogP contribution >= 0.6 is 0 Å². The van der Waals surface area contributed by atoms with Crippen LogP contribution in [-0.2, 0) is 13.0 Å².